The number of rotatable bonds is 6. The second kappa shape index (κ2) is 6.62. The second-order valence-electron chi connectivity index (χ2n) is 6.28. The first-order valence-electron chi connectivity index (χ1n) is 8.09. The van der Waals surface area contributed by atoms with E-state index in [4.69, 9.17) is 0 Å². The van der Waals surface area contributed by atoms with E-state index in [1.54, 1.807) is 36.9 Å². The van der Waals surface area contributed by atoms with Crippen LogP contribution >= 0.6 is 0 Å². The van der Waals surface area contributed by atoms with Crippen LogP contribution in [0.4, 0.5) is 10.1 Å². The minimum Gasteiger partial charge on any atom is -0.334 e. The number of nitro groups is 1. The standard InChI is InChI=1S/C17H19FN4O3/c1-11-17(22(24)25)12(2)21(19-11)10-16(23)20(14-7-8-14)9-13-5-3-4-6-15(13)18/h3-6,14H,7-10H2,1-2H3. The lowest BCUT2D eigenvalue weighted by atomic mass is 10.2. The highest BCUT2D eigenvalue weighted by Gasteiger charge is 2.34. The lowest BCUT2D eigenvalue weighted by Crippen LogP contribution is -2.36. The summed E-state index contributed by atoms with van der Waals surface area (Å²) >= 11 is 0. The third-order valence-electron chi connectivity index (χ3n) is 4.42. The average Bonchev–Trinajstić information content (AvgIpc) is 3.33. The first-order chi connectivity index (χ1) is 11.9. The van der Waals surface area contributed by atoms with Gasteiger partial charge >= 0.3 is 5.69 Å². The van der Waals surface area contributed by atoms with Crippen LogP contribution in [0.25, 0.3) is 0 Å². The summed E-state index contributed by atoms with van der Waals surface area (Å²) in [4.78, 5) is 25.0. The van der Waals surface area contributed by atoms with Gasteiger partial charge in [-0.15, -0.1) is 0 Å². The molecule has 1 fully saturated rings. The number of nitrogens with zero attached hydrogens (tertiary/aromatic N) is 4. The molecular weight excluding hydrogens is 327 g/mol. The number of halogens is 1. The number of aromatic nitrogens is 2. The molecule has 1 saturated carbocycles. The molecule has 1 aliphatic carbocycles. The summed E-state index contributed by atoms with van der Waals surface area (Å²) in [5.41, 5.74) is 1.02. The molecule has 0 unspecified atom stereocenters. The van der Waals surface area contributed by atoms with Gasteiger partial charge in [0.15, 0.2) is 0 Å². The first kappa shape index (κ1) is 17.1. The fraction of sp³-hybridized carbons (Fsp3) is 0.412. The van der Waals surface area contributed by atoms with Crippen LogP contribution in [0, 0.1) is 29.8 Å². The smallest absolute Gasteiger partial charge is 0.312 e. The topological polar surface area (TPSA) is 81.3 Å². The second-order valence-corrected chi connectivity index (χ2v) is 6.28. The van der Waals surface area contributed by atoms with Crippen molar-refractivity contribution in [2.75, 3.05) is 0 Å². The van der Waals surface area contributed by atoms with E-state index in [-0.39, 0.29) is 42.2 Å². The van der Waals surface area contributed by atoms with Crippen LogP contribution < -0.4 is 0 Å². The molecule has 0 atom stereocenters. The molecule has 3 rings (SSSR count). The molecule has 1 amide bonds. The van der Waals surface area contributed by atoms with E-state index in [1.807, 2.05) is 0 Å². The lowest BCUT2D eigenvalue weighted by molar-refractivity contribution is -0.386. The zero-order chi connectivity index (χ0) is 18.1. The Morgan fingerprint density at radius 2 is 2.08 bits per heavy atom. The van der Waals surface area contributed by atoms with Gasteiger partial charge in [0.25, 0.3) is 0 Å². The van der Waals surface area contributed by atoms with Crippen molar-refractivity contribution in [3.63, 3.8) is 0 Å². The number of hydrogen-bond acceptors (Lipinski definition) is 4. The fourth-order valence-electron chi connectivity index (χ4n) is 2.94. The van der Waals surface area contributed by atoms with Gasteiger partial charge in [0.2, 0.25) is 5.91 Å². The minimum absolute atomic E-state index is 0.0696. The van der Waals surface area contributed by atoms with Gasteiger partial charge in [-0.05, 0) is 32.8 Å². The Bertz CT molecular complexity index is 829. The molecule has 2 aromatic rings. The highest BCUT2D eigenvalue weighted by Crippen LogP contribution is 2.29. The molecular formula is C17H19FN4O3. The van der Waals surface area contributed by atoms with Crippen molar-refractivity contribution in [3.05, 3.63) is 57.1 Å². The predicted octanol–water partition coefficient (Wildman–Crippen LogP) is 2.74. The minimum atomic E-state index is -0.489. The molecule has 1 aliphatic rings. The van der Waals surface area contributed by atoms with Crippen molar-refractivity contribution in [2.24, 2.45) is 0 Å². The van der Waals surface area contributed by atoms with E-state index in [0.29, 0.717) is 11.3 Å². The molecule has 1 aromatic heterocycles. The van der Waals surface area contributed by atoms with Gasteiger partial charge in [-0.3, -0.25) is 19.6 Å². The van der Waals surface area contributed by atoms with E-state index >= 15 is 0 Å². The summed E-state index contributed by atoms with van der Waals surface area (Å²) in [5, 5.41) is 15.2. The summed E-state index contributed by atoms with van der Waals surface area (Å²) < 4.78 is 15.3. The number of amides is 1. The van der Waals surface area contributed by atoms with E-state index in [9.17, 15) is 19.3 Å². The van der Waals surface area contributed by atoms with Gasteiger partial charge in [0.05, 0.1) is 4.92 Å². The monoisotopic (exact) mass is 346 g/mol. The normalized spacial score (nSPS) is 13.7. The van der Waals surface area contributed by atoms with Crippen LogP contribution in [0.3, 0.4) is 0 Å². The van der Waals surface area contributed by atoms with Crippen LogP contribution in [0.5, 0.6) is 0 Å². The quantitative estimate of drug-likeness (QED) is 0.595. The van der Waals surface area contributed by atoms with Crippen molar-refractivity contribution in [2.45, 2.75) is 45.8 Å². The van der Waals surface area contributed by atoms with E-state index in [0.717, 1.165) is 12.8 Å². The zero-order valence-electron chi connectivity index (χ0n) is 14.1. The van der Waals surface area contributed by atoms with Crippen molar-refractivity contribution < 1.29 is 14.1 Å². The van der Waals surface area contributed by atoms with Crippen molar-refractivity contribution >= 4 is 11.6 Å². The number of aryl methyl sites for hydroxylation is 1. The number of carbonyl (C=O) groups excluding carboxylic acids is 1. The van der Waals surface area contributed by atoms with E-state index in [1.165, 1.54) is 10.7 Å². The summed E-state index contributed by atoms with van der Waals surface area (Å²) in [6.45, 7) is 3.22. The Hall–Kier alpha value is -2.77. The Balaban J connectivity index is 1.80. The summed E-state index contributed by atoms with van der Waals surface area (Å²) in [6.07, 6.45) is 1.77. The maximum Gasteiger partial charge on any atom is 0.312 e. The van der Waals surface area contributed by atoms with Crippen LogP contribution in [0.2, 0.25) is 0 Å². The number of hydrogen-bond donors (Lipinski definition) is 0. The number of benzene rings is 1. The first-order valence-corrected chi connectivity index (χ1v) is 8.09. The average molecular weight is 346 g/mol. The maximum absolute atomic E-state index is 13.9. The van der Waals surface area contributed by atoms with Gasteiger partial charge in [0.1, 0.15) is 23.7 Å². The predicted molar refractivity (Wildman–Crippen MR) is 88.3 cm³/mol. The van der Waals surface area contributed by atoms with Crippen molar-refractivity contribution in [1.29, 1.82) is 0 Å². The summed E-state index contributed by atoms with van der Waals surface area (Å²) in [5.74, 6) is -0.561. The van der Waals surface area contributed by atoms with E-state index in [2.05, 4.69) is 5.10 Å². The Kier molecular flexibility index (Phi) is 4.52. The zero-order valence-corrected chi connectivity index (χ0v) is 14.1. The molecule has 1 aromatic carbocycles. The molecule has 7 nitrogen and oxygen atoms in total. The molecule has 25 heavy (non-hydrogen) atoms. The Labute approximate surface area is 144 Å². The molecule has 132 valence electrons. The molecule has 0 aliphatic heterocycles. The maximum atomic E-state index is 13.9. The highest BCUT2D eigenvalue weighted by atomic mass is 19.1. The van der Waals surface area contributed by atoms with Crippen LogP contribution in [-0.4, -0.2) is 31.6 Å². The number of carbonyl (C=O) groups is 1. The van der Waals surface area contributed by atoms with Gasteiger partial charge in [0, 0.05) is 18.2 Å². The molecule has 0 spiro atoms. The summed E-state index contributed by atoms with van der Waals surface area (Å²) in [7, 11) is 0. The lowest BCUT2D eigenvalue weighted by Gasteiger charge is -2.23. The van der Waals surface area contributed by atoms with E-state index < -0.39 is 4.92 Å². The fourth-order valence-corrected chi connectivity index (χ4v) is 2.94. The highest BCUT2D eigenvalue weighted by molar-refractivity contribution is 5.77. The van der Waals surface area contributed by atoms with Gasteiger partial charge < -0.3 is 4.90 Å². The third-order valence-corrected chi connectivity index (χ3v) is 4.42. The Morgan fingerprint density at radius 1 is 1.40 bits per heavy atom. The molecule has 8 heteroatoms. The van der Waals surface area contributed by atoms with Crippen molar-refractivity contribution in [1.82, 2.24) is 14.7 Å². The molecule has 0 radical (unpaired) electrons. The van der Waals surface area contributed by atoms with Crippen LogP contribution in [0.15, 0.2) is 24.3 Å². The van der Waals surface area contributed by atoms with Gasteiger partial charge in [-0.2, -0.15) is 5.10 Å². The molecule has 0 bridgehead atoms. The summed E-state index contributed by atoms with van der Waals surface area (Å²) in [6, 6.07) is 6.47. The van der Waals surface area contributed by atoms with Crippen LogP contribution in [0.1, 0.15) is 29.8 Å². The van der Waals surface area contributed by atoms with Gasteiger partial charge in [-0.25, -0.2) is 4.39 Å². The largest absolute Gasteiger partial charge is 0.334 e. The Morgan fingerprint density at radius 3 is 2.64 bits per heavy atom. The SMILES string of the molecule is Cc1nn(CC(=O)N(Cc2ccccc2F)C2CC2)c(C)c1[N+](=O)[O-]. The molecule has 0 saturated heterocycles. The third kappa shape index (κ3) is 3.52. The van der Waals surface area contributed by atoms with Crippen molar-refractivity contribution in [3.8, 4) is 0 Å². The molecule has 0 N–H and O–H groups in total. The molecule has 1 heterocycles. The van der Waals surface area contributed by atoms with Gasteiger partial charge in [-0.1, -0.05) is 18.2 Å². The van der Waals surface area contributed by atoms with Crippen LogP contribution in [-0.2, 0) is 17.9 Å².